The molecule has 0 aliphatic rings. The lowest BCUT2D eigenvalue weighted by atomic mass is 9.88. The molecule has 0 aliphatic heterocycles. The van der Waals surface area contributed by atoms with Crippen molar-refractivity contribution < 1.29 is 19.4 Å². The summed E-state index contributed by atoms with van der Waals surface area (Å²) in [6.45, 7) is 3.72. The van der Waals surface area contributed by atoms with Gasteiger partial charge < -0.3 is 20.5 Å². The molecule has 0 bridgehead atoms. The molecule has 0 heterocycles. The van der Waals surface area contributed by atoms with Crippen molar-refractivity contribution in [3.05, 3.63) is 90.0 Å². The summed E-state index contributed by atoms with van der Waals surface area (Å²) in [5.41, 5.74) is 2.89. The SMILES string of the molecule is CCOc1ccc(NC(=O)[C@H](C)O)c(NC(=O)CC(c2ccccc2)c2ccccc2)c1. The average Bonchev–Trinajstić information content (AvgIpc) is 2.80. The number of anilines is 2. The van der Waals surface area contributed by atoms with E-state index in [1.165, 1.54) is 6.92 Å². The Morgan fingerprint density at radius 3 is 2.00 bits per heavy atom. The van der Waals surface area contributed by atoms with Gasteiger partial charge in [0.2, 0.25) is 5.91 Å². The molecule has 6 nitrogen and oxygen atoms in total. The fourth-order valence-corrected chi connectivity index (χ4v) is 3.41. The lowest BCUT2D eigenvalue weighted by Crippen LogP contribution is -2.25. The van der Waals surface area contributed by atoms with Crippen LogP contribution in [0.15, 0.2) is 78.9 Å². The van der Waals surface area contributed by atoms with E-state index in [-0.39, 0.29) is 18.2 Å². The maximum absolute atomic E-state index is 13.1. The molecule has 3 rings (SSSR count). The van der Waals surface area contributed by atoms with Gasteiger partial charge in [0.1, 0.15) is 11.9 Å². The maximum atomic E-state index is 13.1. The molecule has 2 amide bonds. The van der Waals surface area contributed by atoms with Crippen LogP contribution in [0.25, 0.3) is 0 Å². The molecule has 1 atom stereocenters. The summed E-state index contributed by atoms with van der Waals surface area (Å²) in [5.74, 6) is -0.316. The minimum atomic E-state index is -1.18. The van der Waals surface area contributed by atoms with Crippen molar-refractivity contribution in [3.8, 4) is 5.75 Å². The van der Waals surface area contributed by atoms with Crippen LogP contribution in [-0.4, -0.2) is 29.6 Å². The van der Waals surface area contributed by atoms with Crippen LogP contribution in [0.3, 0.4) is 0 Å². The third-order valence-electron chi connectivity index (χ3n) is 5.01. The van der Waals surface area contributed by atoms with Gasteiger partial charge in [-0.05, 0) is 37.1 Å². The van der Waals surface area contributed by atoms with Gasteiger partial charge in [-0.1, -0.05) is 60.7 Å². The van der Waals surface area contributed by atoms with Crippen molar-refractivity contribution >= 4 is 23.2 Å². The topological polar surface area (TPSA) is 87.7 Å². The second kappa shape index (κ2) is 11.1. The molecule has 0 aliphatic carbocycles. The Morgan fingerprint density at radius 2 is 1.47 bits per heavy atom. The summed E-state index contributed by atoms with van der Waals surface area (Å²) < 4.78 is 5.54. The standard InChI is InChI=1S/C26H28N2O4/c1-3-32-21-14-15-23(28-26(31)18(2)29)24(16-21)27-25(30)17-22(19-10-6-4-7-11-19)20-12-8-5-9-13-20/h4-16,18,22,29H,3,17H2,1-2H3,(H,27,30)(H,28,31)/t18-/m0/s1. The van der Waals surface area contributed by atoms with E-state index in [1.54, 1.807) is 18.2 Å². The van der Waals surface area contributed by atoms with Crippen LogP contribution >= 0.6 is 0 Å². The van der Waals surface area contributed by atoms with Gasteiger partial charge in [0.05, 0.1) is 18.0 Å². The van der Waals surface area contributed by atoms with Gasteiger partial charge in [-0.2, -0.15) is 0 Å². The predicted molar refractivity (Wildman–Crippen MR) is 126 cm³/mol. The highest BCUT2D eigenvalue weighted by Crippen LogP contribution is 2.31. The molecule has 3 N–H and O–H groups in total. The highest BCUT2D eigenvalue weighted by molar-refractivity contribution is 6.01. The second-order valence-electron chi connectivity index (χ2n) is 7.43. The largest absolute Gasteiger partial charge is 0.494 e. The first-order chi connectivity index (χ1) is 15.5. The van der Waals surface area contributed by atoms with Crippen molar-refractivity contribution in [1.29, 1.82) is 0 Å². The molecule has 6 heteroatoms. The van der Waals surface area contributed by atoms with Crippen LogP contribution in [0.5, 0.6) is 5.75 Å². The Bertz CT molecular complexity index is 997. The predicted octanol–water partition coefficient (Wildman–Crippen LogP) is 4.57. The third kappa shape index (κ3) is 6.18. The van der Waals surface area contributed by atoms with Gasteiger partial charge in [0.25, 0.3) is 5.91 Å². The number of amides is 2. The molecular weight excluding hydrogens is 404 g/mol. The van der Waals surface area contributed by atoms with Gasteiger partial charge in [0.15, 0.2) is 0 Å². The van der Waals surface area contributed by atoms with Crippen molar-refractivity contribution in [2.24, 2.45) is 0 Å². The van der Waals surface area contributed by atoms with E-state index in [0.717, 1.165) is 11.1 Å². The Morgan fingerprint density at radius 1 is 0.875 bits per heavy atom. The van der Waals surface area contributed by atoms with Crippen LogP contribution < -0.4 is 15.4 Å². The lowest BCUT2D eigenvalue weighted by molar-refractivity contribution is -0.123. The Labute approximate surface area is 188 Å². The zero-order valence-corrected chi connectivity index (χ0v) is 18.2. The van der Waals surface area contributed by atoms with Gasteiger partial charge in [-0.3, -0.25) is 9.59 Å². The quantitative estimate of drug-likeness (QED) is 0.462. The lowest BCUT2D eigenvalue weighted by Gasteiger charge is -2.19. The first-order valence-corrected chi connectivity index (χ1v) is 10.6. The number of ether oxygens (including phenoxy) is 1. The molecular formula is C26H28N2O4. The maximum Gasteiger partial charge on any atom is 0.252 e. The number of carbonyl (C=O) groups excluding carboxylic acids is 2. The van der Waals surface area contributed by atoms with E-state index in [1.807, 2.05) is 67.6 Å². The summed E-state index contributed by atoms with van der Waals surface area (Å²) >= 11 is 0. The van der Waals surface area contributed by atoms with E-state index in [2.05, 4.69) is 10.6 Å². The number of benzene rings is 3. The third-order valence-corrected chi connectivity index (χ3v) is 5.01. The van der Waals surface area contributed by atoms with E-state index in [9.17, 15) is 14.7 Å². The monoisotopic (exact) mass is 432 g/mol. The number of aliphatic hydroxyl groups is 1. The summed E-state index contributed by atoms with van der Waals surface area (Å²) in [6.07, 6.45) is -0.956. The smallest absolute Gasteiger partial charge is 0.252 e. The van der Waals surface area contributed by atoms with Crippen molar-refractivity contribution in [3.63, 3.8) is 0 Å². The number of hydrogen-bond acceptors (Lipinski definition) is 4. The van der Waals surface area contributed by atoms with Crippen LogP contribution in [0.1, 0.15) is 37.3 Å². The van der Waals surface area contributed by atoms with Gasteiger partial charge in [-0.15, -0.1) is 0 Å². The molecule has 0 saturated carbocycles. The van der Waals surface area contributed by atoms with Crippen molar-refractivity contribution in [1.82, 2.24) is 0 Å². The zero-order chi connectivity index (χ0) is 22.9. The highest BCUT2D eigenvalue weighted by Gasteiger charge is 2.20. The number of carbonyl (C=O) groups is 2. The van der Waals surface area contributed by atoms with Gasteiger partial charge in [0, 0.05) is 18.4 Å². The van der Waals surface area contributed by atoms with Crippen LogP contribution in [0, 0.1) is 0 Å². The Balaban J connectivity index is 1.85. The van der Waals surface area contributed by atoms with E-state index in [0.29, 0.717) is 23.7 Å². The first kappa shape index (κ1) is 23.0. The van der Waals surface area contributed by atoms with Crippen LogP contribution in [0.2, 0.25) is 0 Å². The number of nitrogens with one attached hydrogen (secondary N) is 2. The normalized spacial score (nSPS) is 11.6. The molecule has 0 fully saturated rings. The summed E-state index contributed by atoms with van der Waals surface area (Å²) in [5, 5.41) is 15.1. The Kier molecular flexibility index (Phi) is 8.00. The number of aliphatic hydroxyl groups excluding tert-OH is 1. The number of hydrogen-bond donors (Lipinski definition) is 3. The highest BCUT2D eigenvalue weighted by atomic mass is 16.5. The first-order valence-electron chi connectivity index (χ1n) is 10.6. The van der Waals surface area contributed by atoms with E-state index in [4.69, 9.17) is 4.74 Å². The molecule has 0 radical (unpaired) electrons. The van der Waals surface area contributed by atoms with Gasteiger partial charge >= 0.3 is 0 Å². The minimum absolute atomic E-state index is 0.122. The minimum Gasteiger partial charge on any atom is -0.494 e. The molecule has 0 saturated heterocycles. The fourth-order valence-electron chi connectivity index (χ4n) is 3.41. The zero-order valence-electron chi connectivity index (χ0n) is 18.2. The molecule has 3 aromatic rings. The summed E-state index contributed by atoms with van der Waals surface area (Å²) in [4.78, 5) is 25.1. The molecule has 3 aromatic carbocycles. The molecule has 0 spiro atoms. The van der Waals surface area contributed by atoms with E-state index >= 15 is 0 Å². The fraction of sp³-hybridized carbons (Fsp3) is 0.231. The average molecular weight is 433 g/mol. The summed E-state index contributed by atoms with van der Waals surface area (Å²) in [6, 6.07) is 24.8. The van der Waals surface area contributed by atoms with Crippen molar-refractivity contribution in [2.45, 2.75) is 32.3 Å². The Hall–Kier alpha value is -3.64. The van der Waals surface area contributed by atoms with Gasteiger partial charge in [-0.25, -0.2) is 0 Å². The molecule has 0 aromatic heterocycles. The van der Waals surface area contributed by atoms with Crippen LogP contribution in [0.4, 0.5) is 11.4 Å². The molecule has 166 valence electrons. The molecule has 0 unspecified atom stereocenters. The second-order valence-corrected chi connectivity index (χ2v) is 7.43. The summed E-state index contributed by atoms with van der Waals surface area (Å²) in [7, 11) is 0. The van der Waals surface area contributed by atoms with Crippen molar-refractivity contribution in [2.75, 3.05) is 17.2 Å². The van der Waals surface area contributed by atoms with E-state index < -0.39 is 12.0 Å². The molecule has 32 heavy (non-hydrogen) atoms. The van der Waals surface area contributed by atoms with Crippen LogP contribution in [-0.2, 0) is 9.59 Å². The number of rotatable bonds is 9.